The molecule has 0 saturated heterocycles. The normalized spacial score (nSPS) is 14.2. The molecule has 0 aromatic heterocycles. The molecule has 0 fully saturated rings. The molecule has 1 aromatic rings. The van der Waals surface area contributed by atoms with Gasteiger partial charge in [-0.25, -0.2) is 0 Å². The standard InChI is InChI=1S/C20H37N3/c1-5-8-9-17(6-2)13-23(15-19(21)7-3)14-18-12-16(4)10-11-20(18)22/h10-12,17,19H,5-9,13-15,21-22H2,1-4H3. The smallest absolute Gasteiger partial charge is 0.0359 e. The van der Waals surface area contributed by atoms with Gasteiger partial charge in [0.15, 0.2) is 0 Å². The minimum atomic E-state index is 0.240. The largest absolute Gasteiger partial charge is 0.398 e. The van der Waals surface area contributed by atoms with E-state index in [0.717, 1.165) is 37.7 Å². The van der Waals surface area contributed by atoms with Crippen molar-refractivity contribution in [3.8, 4) is 0 Å². The van der Waals surface area contributed by atoms with E-state index >= 15 is 0 Å². The summed E-state index contributed by atoms with van der Waals surface area (Å²) in [5.41, 5.74) is 15.8. The molecule has 2 atom stereocenters. The third-order valence-electron chi connectivity index (χ3n) is 4.77. The quantitative estimate of drug-likeness (QED) is 0.597. The minimum Gasteiger partial charge on any atom is -0.398 e. The maximum Gasteiger partial charge on any atom is 0.0359 e. The summed E-state index contributed by atoms with van der Waals surface area (Å²) < 4.78 is 0. The molecule has 0 aliphatic heterocycles. The molecule has 0 radical (unpaired) electrons. The first-order valence-corrected chi connectivity index (χ1v) is 9.32. The van der Waals surface area contributed by atoms with Crippen molar-refractivity contribution in [2.45, 2.75) is 72.4 Å². The average molecular weight is 320 g/mol. The Labute approximate surface area is 143 Å². The molecule has 0 aliphatic rings. The molecule has 0 heterocycles. The van der Waals surface area contributed by atoms with Crippen LogP contribution >= 0.6 is 0 Å². The zero-order valence-corrected chi connectivity index (χ0v) is 15.6. The maximum absolute atomic E-state index is 6.24. The van der Waals surface area contributed by atoms with Gasteiger partial charge in [-0.05, 0) is 37.3 Å². The number of nitrogens with zero attached hydrogens (tertiary/aromatic N) is 1. The van der Waals surface area contributed by atoms with Crippen LogP contribution in [0.5, 0.6) is 0 Å². The molecule has 1 rings (SSSR count). The fraction of sp³-hybridized carbons (Fsp3) is 0.700. The number of anilines is 1. The van der Waals surface area contributed by atoms with E-state index in [1.54, 1.807) is 0 Å². The zero-order valence-electron chi connectivity index (χ0n) is 15.6. The Morgan fingerprint density at radius 1 is 1.09 bits per heavy atom. The number of benzene rings is 1. The highest BCUT2D eigenvalue weighted by atomic mass is 15.1. The topological polar surface area (TPSA) is 55.3 Å². The summed E-state index contributed by atoms with van der Waals surface area (Å²) in [5, 5.41) is 0. The Morgan fingerprint density at radius 3 is 2.43 bits per heavy atom. The van der Waals surface area contributed by atoms with Gasteiger partial charge in [0, 0.05) is 31.4 Å². The predicted molar refractivity (Wildman–Crippen MR) is 102 cm³/mol. The van der Waals surface area contributed by atoms with Gasteiger partial charge in [0.25, 0.3) is 0 Å². The van der Waals surface area contributed by atoms with Crippen LogP contribution in [0.15, 0.2) is 18.2 Å². The van der Waals surface area contributed by atoms with E-state index in [-0.39, 0.29) is 6.04 Å². The molecule has 0 spiro atoms. The molecule has 2 unspecified atom stereocenters. The van der Waals surface area contributed by atoms with Gasteiger partial charge in [-0.2, -0.15) is 0 Å². The van der Waals surface area contributed by atoms with Crippen LogP contribution in [-0.4, -0.2) is 24.0 Å². The second-order valence-corrected chi connectivity index (χ2v) is 6.98. The molecule has 1 aromatic carbocycles. The van der Waals surface area contributed by atoms with Crippen molar-refractivity contribution in [3.63, 3.8) is 0 Å². The third-order valence-corrected chi connectivity index (χ3v) is 4.77. The van der Waals surface area contributed by atoms with Crippen LogP contribution < -0.4 is 11.5 Å². The summed E-state index contributed by atoms with van der Waals surface area (Å²) in [6.07, 6.45) is 6.16. The van der Waals surface area contributed by atoms with Gasteiger partial charge in [-0.3, -0.25) is 4.90 Å². The first-order chi connectivity index (χ1) is 11.0. The molecule has 23 heavy (non-hydrogen) atoms. The number of nitrogens with two attached hydrogens (primary N) is 2. The lowest BCUT2D eigenvalue weighted by molar-refractivity contribution is 0.199. The fourth-order valence-electron chi connectivity index (χ4n) is 3.06. The summed E-state index contributed by atoms with van der Waals surface area (Å²) in [5.74, 6) is 0.755. The lowest BCUT2D eigenvalue weighted by Crippen LogP contribution is -2.39. The highest BCUT2D eigenvalue weighted by Crippen LogP contribution is 2.20. The monoisotopic (exact) mass is 319 g/mol. The number of aryl methyl sites for hydroxylation is 1. The third kappa shape index (κ3) is 7.36. The second-order valence-electron chi connectivity index (χ2n) is 6.98. The van der Waals surface area contributed by atoms with Crippen molar-refractivity contribution in [3.05, 3.63) is 29.3 Å². The van der Waals surface area contributed by atoms with E-state index < -0.39 is 0 Å². The number of hydrogen-bond acceptors (Lipinski definition) is 3. The van der Waals surface area contributed by atoms with Crippen LogP contribution in [0.1, 0.15) is 64.0 Å². The van der Waals surface area contributed by atoms with Gasteiger partial charge >= 0.3 is 0 Å². The SMILES string of the molecule is CCCCC(CC)CN(Cc1cc(C)ccc1N)CC(N)CC. The van der Waals surface area contributed by atoms with E-state index in [1.165, 1.54) is 36.8 Å². The Morgan fingerprint density at radius 2 is 1.83 bits per heavy atom. The van der Waals surface area contributed by atoms with E-state index in [1.807, 2.05) is 6.07 Å². The van der Waals surface area contributed by atoms with Crippen molar-refractivity contribution >= 4 is 5.69 Å². The Kier molecular flexibility index (Phi) is 9.27. The van der Waals surface area contributed by atoms with Crippen molar-refractivity contribution in [1.82, 2.24) is 4.90 Å². The van der Waals surface area contributed by atoms with Crippen LogP contribution in [0.25, 0.3) is 0 Å². The lowest BCUT2D eigenvalue weighted by atomic mass is 9.98. The van der Waals surface area contributed by atoms with Crippen molar-refractivity contribution in [2.75, 3.05) is 18.8 Å². The fourth-order valence-corrected chi connectivity index (χ4v) is 3.06. The highest BCUT2D eigenvalue weighted by Gasteiger charge is 2.16. The van der Waals surface area contributed by atoms with E-state index in [0.29, 0.717) is 0 Å². The van der Waals surface area contributed by atoms with E-state index in [4.69, 9.17) is 11.5 Å². The van der Waals surface area contributed by atoms with E-state index in [9.17, 15) is 0 Å². The molecule has 3 heteroatoms. The van der Waals surface area contributed by atoms with E-state index in [2.05, 4.69) is 44.7 Å². The summed E-state index contributed by atoms with van der Waals surface area (Å²) in [7, 11) is 0. The van der Waals surface area contributed by atoms with Crippen molar-refractivity contribution < 1.29 is 0 Å². The van der Waals surface area contributed by atoms with Crippen LogP contribution in [0, 0.1) is 12.8 Å². The number of hydrogen-bond donors (Lipinski definition) is 2. The first-order valence-electron chi connectivity index (χ1n) is 9.32. The van der Waals surface area contributed by atoms with Crippen molar-refractivity contribution in [1.29, 1.82) is 0 Å². The summed E-state index contributed by atoms with van der Waals surface area (Å²) in [6.45, 7) is 11.8. The van der Waals surface area contributed by atoms with Gasteiger partial charge < -0.3 is 11.5 Å². The molecule has 0 amide bonds. The minimum absolute atomic E-state index is 0.240. The van der Waals surface area contributed by atoms with Crippen LogP contribution in [0.3, 0.4) is 0 Å². The Bertz CT molecular complexity index is 445. The lowest BCUT2D eigenvalue weighted by Gasteiger charge is -2.29. The molecule has 4 N–H and O–H groups in total. The molecule has 3 nitrogen and oxygen atoms in total. The first kappa shape index (κ1) is 20.0. The molecule has 0 aliphatic carbocycles. The zero-order chi connectivity index (χ0) is 17.2. The van der Waals surface area contributed by atoms with Gasteiger partial charge in [0.05, 0.1) is 0 Å². The molecular weight excluding hydrogens is 282 g/mol. The number of nitrogen functional groups attached to an aromatic ring is 1. The summed E-state index contributed by atoms with van der Waals surface area (Å²) in [6, 6.07) is 6.56. The molecule has 0 bridgehead atoms. The van der Waals surface area contributed by atoms with Crippen LogP contribution in [-0.2, 0) is 6.54 Å². The van der Waals surface area contributed by atoms with Gasteiger partial charge in [-0.15, -0.1) is 0 Å². The number of unbranched alkanes of at least 4 members (excludes halogenated alkanes) is 1. The average Bonchev–Trinajstić information content (AvgIpc) is 2.54. The van der Waals surface area contributed by atoms with Crippen LogP contribution in [0.2, 0.25) is 0 Å². The number of rotatable bonds is 11. The van der Waals surface area contributed by atoms with Crippen LogP contribution in [0.4, 0.5) is 5.69 Å². The Balaban J connectivity index is 2.80. The van der Waals surface area contributed by atoms with Gasteiger partial charge in [0.2, 0.25) is 0 Å². The second kappa shape index (κ2) is 10.7. The summed E-state index contributed by atoms with van der Waals surface area (Å²) >= 11 is 0. The molecular formula is C20H37N3. The molecule has 0 saturated carbocycles. The predicted octanol–water partition coefficient (Wildman–Crippen LogP) is 4.33. The maximum atomic E-state index is 6.24. The Hall–Kier alpha value is -1.06. The van der Waals surface area contributed by atoms with Gasteiger partial charge in [0.1, 0.15) is 0 Å². The molecule has 132 valence electrons. The summed E-state index contributed by atoms with van der Waals surface area (Å²) in [4.78, 5) is 2.52. The van der Waals surface area contributed by atoms with Gasteiger partial charge in [-0.1, -0.05) is 57.7 Å². The highest BCUT2D eigenvalue weighted by molar-refractivity contribution is 5.48. The van der Waals surface area contributed by atoms with Crippen molar-refractivity contribution in [2.24, 2.45) is 11.7 Å².